The molecule has 84 valence electrons. The first-order chi connectivity index (χ1) is 7.25. The highest BCUT2D eigenvalue weighted by Crippen LogP contribution is 2.19. The van der Waals surface area contributed by atoms with Crippen molar-refractivity contribution in [3.63, 3.8) is 0 Å². The molecule has 0 saturated carbocycles. The molecule has 0 aliphatic carbocycles. The summed E-state index contributed by atoms with van der Waals surface area (Å²) in [6.07, 6.45) is 7.21. The molecule has 4 nitrogen and oxygen atoms in total. The molecule has 1 fully saturated rings. The van der Waals surface area contributed by atoms with E-state index in [9.17, 15) is 4.79 Å². The fraction of sp³-hybridized carbons (Fsp3) is 0.727. The number of hydrogen-bond acceptors (Lipinski definition) is 2. The second-order valence-electron chi connectivity index (χ2n) is 4.49. The van der Waals surface area contributed by atoms with Crippen LogP contribution in [0.2, 0.25) is 0 Å². The molecule has 1 aliphatic rings. The minimum Gasteiger partial charge on any atom is -0.313 e. The van der Waals surface area contributed by atoms with Crippen LogP contribution in [0.15, 0.2) is 17.2 Å². The lowest BCUT2D eigenvalue weighted by atomic mass is 9.94. The van der Waals surface area contributed by atoms with Crippen molar-refractivity contribution >= 4 is 0 Å². The largest absolute Gasteiger partial charge is 0.325 e. The average Bonchev–Trinajstić information content (AvgIpc) is 2.63. The number of likely N-dealkylation sites (tertiary alicyclic amines) is 1. The highest BCUT2D eigenvalue weighted by molar-refractivity contribution is 4.77. The molecule has 1 aromatic heterocycles. The molecule has 0 spiro atoms. The quantitative estimate of drug-likeness (QED) is 0.804. The number of aromatic amines is 1. The van der Waals surface area contributed by atoms with Crippen LogP contribution in [0.1, 0.15) is 19.3 Å². The average molecular weight is 209 g/mol. The van der Waals surface area contributed by atoms with E-state index in [0.717, 1.165) is 18.9 Å². The Hall–Kier alpha value is -1.03. The third-order valence-electron chi connectivity index (χ3n) is 3.34. The minimum absolute atomic E-state index is 0.0166. The van der Waals surface area contributed by atoms with Crippen LogP contribution in [0, 0.1) is 5.92 Å². The number of piperidine rings is 1. The van der Waals surface area contributed by atoms with Crippen LogP contribution >= 0.6 is 0 Å². The number of nitrogens with zero attached hydrogens (tertiary/aromatic N) is 2. The number of hydrogen-bond donors (Lipinski definition) is 1. The summed E-state index contributed by atoms with van der Waals surface area (Å²) in [5.41, 5.74) is 0.0166. The van der Waals surface area contributed by atoms with Crippen molar-refractivity contribution in [3.05, 3.63) is 22.9 Å². The molecule has 4 heteroatoms. The number of imidazole rings is 1. The Morgan fingerprint density at radius 2 is 2.20 bits per heavy atom. The lowest BCUT2D eigenvalue weighted by molar-refractivity contribution is 0.207. The number of H-pyrrole nitrogens is 1. The SMILES string of the molecule is CN1CCC(CCn2cc[nH]c2=O)CC1. The van der Waals surface area contributed by atoms with Gasteiger partial charge in [-0.3, -0.25) is 4.57 Å². The third kappa shape index (κ3) is 2.72. The zero-order chi connectivity index (χ0) is 10.7. The second-order valence-corrected chi connectivity index (χ2v) is 4.49. The highest BCUT2D eigenvalue weighted by Gasteiger charge is 2.16. The zero-order valence-corrected chi connectivity index (χ0v) is 9.28. The van der Waals surface area contributed by atoms with Gasteiger partial charge in [0.25, 0.3) is 0 Å². The van der Waals surface area contributed by atoms with Gasteiger partial charge in [-0.05, 0) is 45.3 Å². The van der Waals surface area contributed by atoms with Crippen molar-refractivity contribution in [1.29, 1.82) is 0 Å². The first-order valence-corrected chi connectivity index (χ1v) is 5.68. The van der Waals surface area contributed by atoms with Gasteiger partial charge in [0.1, 0.15) is 0 Å². The van der Waals surface area contributed by atoms with Crippen molar-refractivity contribution in [2.45, 2.75) is 25.8 Å². The molecule has 0 unspecified atom stereocenters. The summed E-state index contributed by atoms with van der Waals surface area (Å²) in [7, 11) is 2.17. The molecular weight excluding hydrogens is 190 g/mol. The number of rotatable bonds is 3. The summed E-state index contributed by atoms with van der Waals surface area (Å²) < 4.78 is 1.76. The Morgan fingerprint density at radius 3 is 2.80 bits per heavy atom. The molecule has 15 heavy (non-hydrogen) atoms. The molecule has 1 saturated heterocycles. The van der Waals surface area contributed by atoms with E-state index in [1.807, 2.05) is 6.20 Å². The van der Waals surface area contributed by atoms with Gasteiger partial charge in [-0.2, -0.15) is 0 Å². The van der Waals surface area contributed by atoms with Gasteiger partial charge in [0.2, 0.25) is 0 Å². The van der Waals surface area contributed by atoms with E-state index in [0.29, 0.717) is 0 Å². The van der Waals surface area contributed by atoms with E-state index in [2.05, 4.69) is 16.9 Å². The smallest absolute Gasteiger partial charge is 0.313 e. The first kappa shape index (κ1) is 10.5. The van der Waals surface area contributed by atoms with Gasteiger partial charge in [-0.15, -0.1) is 0 Å². The zero-order valence-electron chi connectivity index (χ0n) is 9.28. The molecule has 0 atom stereocenters. The number of aryl methyl sites for hydroxylation is 1. The third-order valence-corrected chi connectivity index (χ3v) is 3.34. The van der Waals surface area contributed by atoms with Crippen LogP contribution in [-0.2, 0) is 6.54 Å². The first-order valence-electron chi connectivity index (χ1n) is 5.68. The maximum Gasteiger partial charge on any atom is 0.325 e. The molecule has 1 aromatic rings. The van der Waals surface area contributed by atoms with E-state index >= 15 is 0 Å². The fourth-order valence-electron chi connectivity index (χ4n) is 2.20. The molecular formula is C11H19N3O. The summed E-state index contributed by atoms with van der Waals surface area (Å²) in [5, 5.41) is 0. The van der Waals surface area contributed by atoms with Crippen LogP contribution in [-0.4, -0.2) is 34.6 Å². The van der Waals surface area contributed by atoms with Gasteiger partial charge in [0, 0.05) is 18.9 Å². The molecule has 0 amide bonds. The Morgan fingerprint density at radius 1 is 1.47 bits per heavy atom. The van der Waals surface area contributed by atoms with E-state index in [4.69, 9.17) is 0 Å². The van der Waals surface area contributed by atoms with Gasteiger partial charge in [-0.25, -0.2) is 4.79 Å². The summed E-state index contributed by atoms with van der Waals surface area (Å²) in [6, 6.07) is 0. The maximum absolute atomic E-state index is 11.2. The van der Waals surface area contributed by atoms with Crippen molar-refractivity contribution in [2.24, 2.45) is 5.92 Å². The summed E-state index contributed by atoms with van der Waals surface area (Å²) >= 11 is 0. The van der Waals surface area contributed by atoms with Crippen molar-refractivity contribution in [2.75, 3.05) is 20.1 Å². The van der Waals surface area contributed by atoms with Crippen LogP contribution < -0.4 is 5.69 Å². The van der Waals surface area contributed by atoms with E-state index in [-0.39, 0.29) is 5.69 Å². The molecule has 2 rings (SSSR count). The standard InChI is InChI=1S/C11H19N3O/c1-13-6-2-10(3-7-13)4-8-14-9-5-12-11(14)15/h5,9-10H,2-4,6-8H2,1H3,(H,12,15). The van der Waals surface area contributed by atoms with Gasteiger partial charge >= 0.3 is 5.69 Å². The molecule has 0 radical (unpaired) electrons. The molecule has 2 heterocycles. The van der Waals surface area contributed by atoms with Crippen LogP contribution in [0.4, 0.5) is 0 Å². The lowest BCUT2D eigenvalue weighted by Gasteiger charge is -2.28. The van der Waals surface area contributed by atoms with E-state index in [1.54, 1.807) is 10.8 Å². The van der Waals surface area contributed by atoms with E-state index < -0.39 is 0 Å². The Labute approximate surface area is 89.9 Å². The van der Waals surface area contributed by atoms with Crippen LogP contribution in [0.5, 0.6) is 0 Å². The fourth-order valence-corrected chi connectivity index (χ4v) is 2.20. The molecule has 0 aromatic carbocycles. The lowest BCUT2D eigenvalue weighted by Crippen LogP contribution is -2.31. The van der Waals surface area contributed by atoms with Crippen LogP contribution in [0.25, 0.3) is 0 Å². The van der Waals surface area contributed by atoms with Gasteiger partial charge in [-0.1, -0.05) is 0 Å². The highest BCUT2D eigenvalue weighted by atomic mass is 16.1. The van der Waals surface area contributed by atoms with Gasteiger partial charge < -0.3 is 9.88 Å². The van der Waals surface area contributed by atoms with Gasteiger partial charge in [0.05, 0.1) is 0 Å². The van der Waals surface area contributed by atoms with Crippen molar-refractivity contribution in [1.82, 2.24) is 14.5 Å². The number of nitrogens with one attached hydrogen (secondary N) is 1. The maximum atomic E-state index is 11.2. The second kappa shape index (κ2) is 4.66. The Kier molecular flexibility index (Phi) is 3.26. The Bertz CT molecular complexity index is 347. The monoisotopic (exact) mass is 209 g/mol. The normalized spacial score (nSPS) is 19.5. The predicted octanol–water partition coefficient (Wildman–Crippen LogP) is 0.908. The van der Waals surface area contributed by atoms with Crippen molar-refractivity contribution < 1.29 is 0 Å². The minimum atomic E-state index is 0.0166. The predicted molar refractivity (Wildman–Crippen MR) is 59.9 cm³/mol. The molecule has 1 aliphatic heterocycles. The summed E-state index contributed by atoms with van der Waals surface area (Å²) in [5.74, 6) is 0.794. The number of aromatic nitrogens is 2. The summed E-state index contributed by atoms with van der Waals surface area (Å²) in [4.78, 5) is 16.3. The van der Waals surface area contributed by atoms with E-state index in [1.165, 1.54) is 25.9 Å². The molecule has 0 bridgehead atoms. The summed E-state index contributed by atoms with van der Waals surface area (Å²) in [6.45, 7) is 3.26. The topological polar surface area (TPSA) is 41.0 Å². The Balaban J connectivity index is 1.79. The van der Waals surface area contributed by atoms with Crippen LogP contribution in [0.3, 0.4) is 0 Å². The molecule has 1 N–H and O–H groups in total. The van der Waals surface area contributed by atoms with Crippen molar-refractivity contribution in [3.8, 4) is 0 Å². The van der Waals surface area contributed by atoms with Gasteiger partial charge in [0.15, 0.2) is 0 Å².